The van der Waals surface area contributed by atoms with Crippen molar-refractivity contribution in [1.29, 1.82) is 0 Å². The summed E-state index contributed by atoms with van der Waals surface area (Å²) in [6.07, 6.45) is 1.21. The van der Waals surface area contributed by atoms with Gasteiger partial charge in [-0.2, -0.15) is 15.2 Å². The minimum absolute atomic E-state index is 0.150. The maximum absolute atomic E-state index is 4.96. The highest BCUT2D eigenvalue weighted by molar-refractivity contribution is 5.80. The van der Waals surface area contributed by atoms with Gasteiger partial charge in [-0.25, -0.2) is 4.63 Å². The fourth-order valence-corrected chi connectivity index (χ4v) is 1.02. The molecule has 2 rings (SSSR count). The van der Waals surface area contributed by atoms with Crippen molar-refractivity contribution in [2.45, 2.75) is 13.8 Å². The van der Waals surface area contributed by atoms with Gasteiger partial charge in [0.25, 0.3) is 5.89 Å². The standard InChI is InChI=1S/C8H10N8O2/c1-4(2)12-13-8-6(14-18-16-8)7-11-5(3-10-9)17-15-7/h3H,9H2,1-2H3,(H,13,16). The molecular formula is C8H10N8O2. The second kappa shape index (κ2) is 5.03. The van der Waals surface area contributed by atoms with Crippen LogP contribution < -0.4 is 11.3 Å². The highest BCUT2D eigenvalue weighted by Crippen LogP contribution is 2.20. The van der Waals surface area contributed by atoms with Crippen molar-refractivity contribution in [1.82, 2.24) is 20.5 Å². The van der Waals surface area contributed by atoms with Crippen molar-refractivity contribution in [3.8, 4) is 11.5 Å². The van der Waals surface area contributed by atoms with Gasteiger partial charge in [0.15, 0.2) is 0 Å². The lowest BCUT2D eigenvalue weighted by Crippen LogP contribution is -1.96. The van der Waals surface area contributed by atoms with E-state index in [-0.39, 0.29) is 23.2 Å². The first-order valence-corrected chi connectivity index (χ1v) is 4.87. The molecule has 2 heterocycles. The molecule has 0 atom stereocenters. The summed E-state index contributed by atoms with van der Waals surface area (Å²) in [7, 11) is 0. The molecule has 0 aliphatic heterocycles. The van der Waals surface area contributed by atoms with Crippen molar-refractivity contribution >= 4 is 17.7 Å². The average Bonchev–Trinajstić information content (AvgIpc) is 2.94. The van der Waals surface area contributed by atoms with E-state index in [9.17, 15) is 0 Å². The van der Waals surface area contributed by atoms with Crippen LogP contribution in [0.2, 0.25) is 0 Å². The van der Waals surface area contributed by atoms with E-state index < -0.39 is 0 Å². The van der Waals surface area contributed by atoms with Gasteiger partial charge in [-0.05, 0) is 24.2 Å². The van der Waals surface area contributed by atoms with Crippen LogP contribution in [0.15, 0.2) is 19.4 Å². The Balaban J connectivity index is 2.27. The Kier molecular flexibility index (Phi) is 3.27. The Morgan fingerprint density at radius 1 is 1.33 bits per heavy atom. The van der Waals surface area contributed by atoms with E-state index >= 15 is 0 Å². The molecule has 0 saturated carbocycles. The monoisotopic (exact) mass is 250 g/mol. The lowest BCUT2D eigenvalue weighted by molar-refractivity contribution is 0.309. The maximum Gasteiger partial charge on any atom is 0.271 e. The minimum Gasteiger partial charge on any atom is -0.332 e. The summed E-state index contributed by atoms with van der Waals surface area (Å²) in [6.45, 7) is 3.65. The number of hydrogen-bond acceptors (Lipinski definition) is 10. The topological polar surface area (TPSA) is 141 Å². The molecule has 0 spiro atoms. The molecule has 0 bridgehead atoms. The van der Waals surface area contributed by atoms with Gasteiger partial charge in [0.1, 0.15) is 6.21 Å². The number of nitrogens with zero attached hydrogens (tertiary/aromatic N) is 6. The van der Waals surface area contributed by atoms with Crippen LogP contribution in [0, 0.1) is 0 Å². The number of nitrogens with two attached hydrogens (primary N) is 1. The second-order valence-electron chi connectivity index (χ2n) is 3.37. The summed E-state index contributed by atoms with van der Waals surface area (Å²) in [5.74, 6) is 5.59. The smallest absolute Gasteiger partial charge is 0.271 e. The first-order valence-electron chi connectivity index (χ1n) is 4.87. The molecule has 2 aromatic heterocycles. The van der Waals surface area contributed by atoms with Crippen molar-refractivity contribution in [3.63, 3.8) is 0 Å². The van der Waals surface area contributed by atoms with Crippen LogP contribution in [0.4, 0.5) is 5.82 Å². The number of hydrogen-bond donors (Lipinski definition) is 2. The first kappa shape index (κ1) is 11.7. The van der Waals surface area contributed by atoms with Crippen LogP contribution in [-0.2, 0) is 0 Å². The van der Waals surface area contributed by atoms with Crippen molar-refractivity contribution in [2.75, 3.05) is 5.43 Å². The Hall–Kier alpha value is -2.78. The van der Waals surface area contributed by atoms with Crippen LogP contribution in [0.1, 0.15) is 19.7 Å². The molecule has 94 valence electrons. The van der Waals surface area contributed by atoms with Crippen LogP contribution in [0.3, 0.4) is 0 Å². The molecule has 0 unspecified atom stereocenters. The van der Waals surface area contributed by atoms with Gasteiger partial charge in [0, 0.05) is 5.71 Å². The summed E-state index contributed by atoms with van der Waals surface area (Å²) in [5, 5.41) is 18.2. The normalized spacial score (nSPS) is 10.8. The third kappa shape index (κ3) is 2.48. The molecule has 0 radical (unpaired) electrons. The maximum atomic E-state index is 4.96. The summed E-state index contributed by atoms with van der Waals surface area (Å²) < 4.78 is 9.44. The van der Waals surface area contributed by atoms with Gasteiger partial charge < -0.3 is 10.4 Å². The van der Waals surface area contributed by atoms with Crippen LogP contribution in [0.25, 0.3) is 11.5 Å². The van der Waals surface area contributed by atoms with Gasteiger partial charge in [-0.1, -0.05) is 5.16 Å². The molecule has 0 aliphatic carbocycles. The van der Waals surface area contributed by atoms with Crippen LogP contribution in [0.5, 0.6) is 0 Å². The molecule has 10 heteroatoms. The Morgan fingerprint density at radius 3 is 2.89 bits per heavy atom. The van der Waals surface area contributed by atoms with Crippen LogP contribution in [-0.4, -0.2) is 32.4 Å². The molecule has 3 N–H and O–H groups in total. The highest BCUT2D eigenvalue weighted by atomic mass is 16.6. The Bertz CT molecular complexity index is 579. The molecule has 0 aromatic carbocycles. The zero-order valence-electron chi connectivity index (χ0n) is 9.65. The van der Waals surface area contributed by atoms with Gasteiger partial charge in [-0.15, -0.1) is 0 Å². The van der Waals surface area contributed by atoms with E-state index in [1.807, 2.05) is 13.8 Å². The number of nitrogens with one attached hydrogen (secondary N) is 1. The van der Waals surface area contributed by atoms with E-state index in [0.29, 0.717) is 0 Å². The summed E-state index contributed by atoms with van der Waals surface area (Å²) >= 11 is 0. The molecule has 0 fully saturated rings. The van der Waals surface area contributed by atoms with Crippen LogP contribution >= 0.6 is 0 Å². The van der Waals surface area contributed by atoms with Crippen molar-refractivity contribution < 1.29 is 9.15 Å². The van der Waals surface area contributed by atoms with Crippen molar-refractivity contribution in [3.05, 3.63) is 5.89 Å². The number of anilines is 1. The number of aromatic nitrogens is 4. The fourth-order valence-electron chi connectivity index (χ4n) is 1.02. The molecule has 18 heavy (non-hydrogen) atoms. The molecule has 0 amide bonds. The zero-order chi connectivity index (χ0) is 13.0. The largest absolute Gasteiger partial charge is 0.332 e. The molecule has 2 aromatic rings. The summed E-state index contributed by atoms with van der Waals surface area (Å²) in [4.78, 5) is 3.97. The third-order valence-corrected chi connectivity index (χ3v) is 1.71. The molecular weight excluding hydrogens is 240 g/mol. The van der Waals surface area contributed by atoms with E-state index in [1.165, 1.54) is 6.21 Å². The summed E-state index contributed by atoms with van der Waals surface area (Å²) in [6, 6.07) is 0. The van der Waals surface area contributed by atoms with E-state index in [4.69, 9.17) is 10.4 Å². The van der Waals surface area contributed by atoms with Gasteiger partial charge in [0.2, 0.25) is 17.3 Å². The molecule has 0 aliphatic rings. The SMILES string of the molecule is CC(C)=NNc1nonc1-c1noc(C=NN)n1. The highest BCUT2D eigenvalue weighted by Gasteiger charge is 2.17. The summed E-state index contributed by atoms with van der Waals surface area (Å²) in [5.41, 5.74) is 3.76. The van der Waals surface area contributed by atoms with Gasteiger partial charge in [-0.3, -0.25) is 5.43 Å². The number of hydrazone groups is 2. The third-order valence-electron chi connectivity index (χ3n) is 1.71. The lowest BCUT2D eigenvalue weighted by atomic mass is 10.4. The first-order chi connectivity index (χ1) is 8.70. The van der Waals surface area contributed by atoms with Gasteiger partial charge >= 0.3 is 0 Å². The Morgan fingerprint density at radius 2 is 2.17 bits per heavy atom. The average molecular weight is 250 g/mol. The minimum atomic E-state index is 0.150. The zero-order valence-corrected chi connectivity index (χ0v) is 9.65. The fraction of sp³-hybridized carbons (Fsp3) is 0.250. The van der Waals surface area contributed by atoms with E-state index in [2.05, 4.69) is 40.7 Å². The van der Waals surface area contributed by atoms with E-state index in [1.54, 1.807) is 0 Å². The second-order valence-corrected chi connectivity index (χ2v) is 3.37. The predicted octanol–water partition coefficient (Wildman–Crippen LogP) is 0.220. The predicted molar refractivity (Wildman–Crippen MR) is 61.8 cm³/mol. The quantitative estimate of drug-likeness (QED) is 0.446. The van der Waals surface area contributed by atoms with E-state index in [0.717, 1.165) is 5.71 Å². The van der Waals surface area contributed by atoms with Crippen molar-refractivity contribution in [2.24, 2.45) is 16.0 Å². The van der Waals surface area contributed by atoms with Gasteiger partial charge in [0.05, 0.1) is 0 Å². The molecule has 0 saturated heterocycles. The lowest BCUT2D eigenvalue weighted by Gasteiger charge is -1.94. The molecule has 10 nitrogen and oxygen atoms in total. The number of rotatable bonds is 4. The Labute approximate surface area is 101 Å².